The maximum absolute atomic E-state index is 12.8. The van der Waals surface area contributed by atoms with Crippen LogP contribution in [0.5, 0.6) is 0 Å². The van der Waals surface area contributed by atoms with Gasteiger partial charge in [0.25, 0.3) is 0 Å². The van der Waals surface area contributed by atoms with E-state index >= 15 is 0 Å². The number of ketones is 1. The highest BCUT2D eigenvalue weighted by atomic mass is 31.2. The second kappa shape index (κ2) is 11.9. The van der Waals surface area contributed by atoms with Crippen molar-refractivity contribution in [3.05, 3.63) is 12.7 Å². The number of quaternary nitrogens is 1. The molecular formula is C17H35NO5P+. The number of hydrogen-bond acceptors (Lipinski definition) is 5. The molecule has 0 saturated carbocycles. The van der Waals surface area contributed by atoms with Crippen molar-refractivity contribution in [1.29, 1.82) is 0 Å². The molecular weight excluding hydrogens is 329 g/mol. The zero-order chi connectivity index (χ0) is 18.6. The third kappa shape index (κ3) is 8.04. The van der Waals surface area contributed by atoms with Crippen molar-refractivity contribution < 1.29 is 28.0 Å². The maximum Gasteiger partial charge on any atom is 0.336 e. The van der Waals surface area contributed by atoms with E-state index in [9.17, 15) is 14.5 Å². The fraction of sp³-hybridized carbons (Fsp3) is 0.824. The van der Waals surface area contributed by atoms with Gasteiger partial charge in [0, 0.05) is 7.11 Å². The van der Waals surface area contributed by atoms with Gasteiger partial charge in [-0.25, -0.2) is 0 Å². The minimum absolute atomic E-state index is 0.276. The highest BCUT2D eigenvalue weighted by Gasteiger charge is 2.32. The Morgan fingerprint density at radius 1 is 1.17 bits per heavy atom. The van der Waals surface area contributed by atoms with Crippen LogP contribution < -0.4 is 0 Å². The summed E-state index contributed by atoms with van der Waals surface area (Å²) in [5, 5.41) is 9.63. The van der Waals surface area contributed by atoms with E-state index in [0.29, 0.717) is 6.54 Å². The van der Waals surface area contributed by atoms with Crippen molar-refractivity contribution in [1.82, 2.24) is 0 Å². The summed E-state index contributed by atoms with van der Waals surface area (Å²) < 4.78 is 24.1. The van der Waals surface area contributed by atoms with Gasteiger partial charge in [0.05, 0.1) is 38.9 Å². The predicted molar refractivity (Wildman–Crippen MR) is 97.2 cm³/mol. The number of hydrogen-bond donors (Lipinski definition) is 1. The second-order valence-electron chi connectivity index (χ2n) is 6.17. The second-order valence-corrected chi connectivity index (χ2v) is 8.46. The number of carbonyl (C=O) groups is 1. The lowest BCUT2D eigenvalue weighted by Gasteiger charge is -2.39. The van der Waals surface area contributed by atoms with E-state index in [0.717, 1.165) is 49.5 Å². The van der Waals surface area contributed by atoms with Gasteiger partial charge in [0.15, 0.2) is 5.78 Å². The molecule has 0 bridgehead atoms. The van der Waals surface area contributed by atoms with Gasteiger partial charge < -0.3 is 18.6 Å². The monoisotopic (exact) mass is 364 g/mol. The summed E-state index contributed by atoms with van der Waals surface area (Å²) in [4.78, 5) is 11.3. The first-order valence-corrected chi connectivity index (χ1v) is 10.5. The minimum atomic E-state index is -3.33. The fourth-order valence-electron chi connectivity index (χ4n) is 3.04. The van der Waals surface area contributed by atoms with E-state index in [1.54, 1.807) is 0 Å². The number of aliphatic hydroxyl groups is 1. The average molecular weight is 364 g/mol. The predicted octanol–water partition coefficient (Wildman–Crippen LogP) is 3.01. The van der Waals surface area contributed by atoms with Crippen LogP contribution in [0.4, 0.5) is 0 Å². The molecule has 24 heavy (non-hydrogen) atoms. The molecule has 7 heteroatoms. The van der Waals surface area contributed by atoms with Crippen molar-refractivity contribution >= 4 is 13.4 Å². The molecule has 6 nitrogen and oxygen atoms in total. The molecule has 0 aromatic heterocycles. The minimum Gasteiger partial charge on any atom is -0.382 e. The van der Waals surface area contributed by atoms with Crippen LogP contribution in [0.25, 0.3) is 0 Å². The summed E-state index contributed by atoms with van der Waals surface area (Å²) in [6.07, 6.45) is 3.13. The van der Waals surface area contributed by atoms with Crippen LogP contribution in [0.3, 0.4) is 0 Å². The first kappa shape index (κ1) is 23.5. The molecule has 0 rings (SSSR count). The number of rotatable bonds is 15. The summed E-state index contributed by atoms with van der Waals surface area (Å²) in [7, 11) is -1.99. The zero-order valence-corrected chi connectivity index (χ0v) is 16.6. The molecule has 0 heterocycles. The Morgan fingerprint density at radius 2 is 1.67 bits per heavy atom. The van der Waals surface area contributed by atoms with Crippen molar-refractivity contribution in [2.75, 3.05) is 46.1 Å². The van der Waals surface area contributed by atoms with E-state index in [1.165, 1.54) is 7.11 Å². The van der Waals surface area contributed by atoms with Crippen LogP contribution in [0.2, 0.25) is 0 Å². The molecule has 1 N–H and O–H groups in total. The molecule has 0 saturated heterocycles. The molecule has 142 valence electrons. The Kier molecular flexibility index (Phi) is 11.7. The third-order valence-corrected chi connectivity index (χ3v) is 6.03. The lowest BCUT2D eigenvalue weighted by molar-refractivity contribution is -0.926. The van der Waals surface area contributed by atoms with Gasteiger partial charge in [-0.15, -0.1) is 0 Å². The van der Waals surface area contributed by atoms with Crippen LogP contribution >= 0.6 is 7.60 Å². The summed E-state index contributed by atoms with van der Waals surface area (Å²) in [6.45, 7) is 13.2. The molecule has 0 radical (unpaired) electrons. The topological polar surface area (TPSA) is 72.8 Å². The number of aliphatic hydroxyl groups excluding tert-OH is 1. The molecule has 0 aliphatic carbocycles. The van der Waals surface area contributed by atoms with Gasteiger partial charge in [0.1, 0.15) is 6.10 Å². The summed E-state index contributed by atoms with van der Waals surface area (Å²) in [6, 6.07) is 0. The Balaban J connectivity index is 4.89. The summed E-state index contributed by atoms with van der Waals surface area (Å²) in [5.41, 5.74) is 0. The van der Waals surface area contributed by atoms with Gasteiger partial charge in [-0.1, -0.05) is 27.4 Å². The largest absolute Gasteiger partial charge is 0.382 e. The molecule has 0 fully saturated rings. The van der Waals surface area contributed by atoms with E-state index in [1.807, 2.05) is 0 Å². The van der Waals surface area contributed by atoms with E-state index in [4.69, 9.17) is 9.05 Å². The molecule has 0 aliphatic rings. The first-order chi connectivity index (χ1) is 11.3. The quantitative estimate of drug-likeness (QED) is 0.275. The third-order valence-electron chi connectivity index (χ3n) is 4.18. The lowest BCUT2D eigenvalue weighted by atomic mass is 10.2. The van der Waals surface area contributed by atoms with Gasteiger partial charge in [-0.05, 0) is 25.3 Å². The van der Waals surface area contributed by atoms with E-state index in [2.05, 4.69) is 27.4 Å². The zero-order valence-electron chi connectivity index (χ0n) is 15.7. The van der Waals surface area contributed by atoms with E-state index < -0.39 is 19.5 Å². The number of nitrogens with zero attached hydrogens (tertiary/aromatic N) is 1. The average Bonchev–Trinajstić information content (AvgIpc) is 2.58. The highest BCUT2D eigenvalue weighted by molar-refractivity contribution is 7.53. The van der Waals surface area contributed by atoms with Gasteiger partial charge in [-0.2, -0.15) is 0 Å². The number of carbonyl (C=O) groups excluding carboxylic acids is 1. The summed E-state index contributed by atoms with van der Waals surface area (Å²) >= 11 is 0. The molecule has 0 aliphatic heterocycles. The molecule has 2 atom stereocenters. The lowest BCUT2D eigenvalue weighted by Crippen LogP contribution is -2.51. The Morgan fingerprint density at radius 3 is 2.04 bits per heavy atom. The van der Waals surface area contributed by atoms with Crippen molar-refractivity contribution in [2.24, 2.45) is 0 Å². The van der Waals surface area contributed by atoms with Crippen LogP contribution in [0.15, 0.2) is 12.7 Å². The molecule has 0 spiro atoms. The Hall–Kier alpha value is -0.520. The first-order valence-electron chi connectivity index (χ1n) is 8.80. The van der Waals surface area contributed by atoms with Crippen LogP contribution in [-0.4, -0.2) is 67.5 Å². The summed E-state index contributed by atoms with van der Waals surface area (Å²) in [5.74, 6) is -0.550. The van der Waals surface area contributed by atoms with Gasteiger partial charge in [0.2, 0.25) is 0 Å². The van der Waals surface area contributed by atoms with Crippen LogP contribution in [0.1, 0.15) is 40.0 Å². The normalized spacial score (nSPS) is 15.7. The standard InChI is InChI=1S/C17H35NO5P/c1-6-10-18(11-7-2,12-8-3)13-14-24(21,22-5)23-15-17(20)16(19)9-4/h9,17,20H,4,6-8,10-15H2,1-3,5H3/q+1. The smallest absolute Gasteiger partial charge is 0.336 e. The van der Waals surface area contributed by atoms with Crippen molar-refractivity contribution in [2.45, 2.75) is 46.1 Å². The van der Waals surface area contributed by atoms with Crippen molar-refractivity contribution in [3.63, 3.8) is 0 Å². The van der Waals surface area contributed by atoms with Crippen LogP contribution in [-0.2, 0) is 18.4 Å². The Bertz CT molecular complexity index is 410. The van der Waals surface area contributed by atoms with Crippen LogP contribution in [0, 0.1) is 0 Å². The highest BCUT2D eigenvalue weighted by Crippen LogP contribution is 2.47. The molecule has 0 amide bonds. The fourth-order valence-corrected chi connectivity index (χ4v) is 4.49. The Labute approximate surface area is 147 Å². The van der Waals surface area contributed by atoms with Gasteiger partial charge in [-0.3, -0.25) is 9.36 Å². The maximum atomic E-state index is 12.8. The molecule has 0 aromatic carbocycles. The van der Waals surface area contributed by atoms with Gasteiger partial charge >= 0.3 is 7.60 Å². The molecule has 2 unspecified atom stereocenters. The van der Waals surface area contributed by atoms with E-state index in [-0.39, 0.29) is 12.8 Å². The SMILES string of the molecule is C=CC(=O)C(O)COP(=O)(CC[N+](CCC)(CCC)CCC)OC. The molecule has 0 aromatic rings. The van der Waals surface area contributed by atoms with Crippen molar-refractivity contribution in [3.8, 4) is 0 Å².